The third kappa shape index (κ3) is 6.43. The molecule has 42 heavy (non-hydrogen) atoms. The SMILES string of the molecule is O=C(Nc1nc2ccc(S(=O)(=O)N3CC[C@H](O)C3)cc2s1)c1cc2ccccc2cc1OCCCCN1CCOCC1. The molecule has 4 aromatic rings. The van der Waals surface area contributed by atoms with Crippen LogP contribution in [0.1, 0.15) is 29.6 Å². The number of hydrogen-bond donors (Lipinski definition) is 2. The largest absolute Gasteiger partial charge is 0.493 e. The molecular formula is C30H34N4O6S2. The Bertz CT molecular complexity index is 1690. The summed E-state index contributed by atoms with van der Waals surface area (Å²) in [6.45, 7) is 5.36. The maximum absolute atomic E-state index is 13.5. The summed E-state index contributed by atoms with van der Waals surface area (Å²) in [6, 6.07) is 16.3. The number of aliphatic hydroxyl groups excluding tert-OH is 1. The average molecular weight is 611 g/mol. The highest BCUT2D eigenvalue weighted by molar-refractivity contribution is 7.89. The van der Waals surface area contributed by atoms with Crippen LogP contribution in [0.25, 0.3) is 21.0 Å². The predicted molar refractivity (Wildman–Crippen MR) is 163 cm³/mol. The fourth-order valence-electron chi connectivity index (χ4n) is 5.32. The number of benzene rings is 3. The quantitative estimate of drug-likeness (QED) is 0.259. The van der Waals surface area contributed by atoms with E-state index in [0.717, 1.165) is 56.5 Å². The van der Waals surface area contributed by atoms with E-state index in [1.807, 2.05) is 36.4 Å². The Morgan fingerprint density at radius 1 is 1.07 bits per heavy atom. The summed E-state index contributed by atoms with van der Waals surface area (Å²) < 4.78 is 39.6. The first kappa shape index (κ1) is 29.0. The number of sulfonamides is 1. The van der Waals surface area contributed by atoms with Crippen molar-refractivity contribution in [3.8, 4) is 5.75 Å². The number of morpholine rings is 1. The predicted octanol–water partition coefficient (Wildman–Crippen LogP) is 3.95. The molecule has 2 saturated heterocycles. The first-order chi connectivity index (χ1) is 20.4. The summed E-state index contributed by atoms with van der Waals surface area (Å²) in [5.74, 6) is 0.168. The Kier molecular flexibility index (Phi) is 8.70. The Hall–Kier alpha value is -3.13. The van der Waals surface area contributed by atoms with Gasteiger partial charge in [0, 0.05) is 26.2 Å². The molecule has 2 aliphatic rings. The van der Waals surface area contributed by atoms with Crippen LogP contribution in [0.15, 0.2) is 59.5 Å². The summed E-state index contributed by atoms with van der Waals surface area (Å²) >= 11 is 1.21. The van der Waals surface area contributed by atoms with Gasteiger partial charge in [0.15, 0.2) is 5.13 Å². The lowest BCUT2D eigenvalue weighted by atomic mass is 10.1. The lowest BCUT2D eigenvalue weighted by Gasteiger charge is -2.26. The molecule has 0 spiro atoms. The van der Waals surface area contributed by atoms with Gasteiger partial charge in [0.25, 0.3) is 5.91 Å². The van der Waals surface area contributed by atoms with E-state index in [1.165, 1.54) is 21.7 Å². The van der Waals surface area contributed by atoms with E-state index < -0.39 is 16.1 Å². The van der Waals surface area contributed by atoms with Gasteiger partial charge in [-0.25, -0.2) is 13.4 Å². The summed E-state index contributed by atoms with van der Waals surface area (Å²) in [5, 5.41) is 15.0. The van der Waals surface area contributed by atoms with Crippen molar-refractivity contribution in [2.24, 2.45) is 0 Å². The van der Waals surface area contributed by atoms with Crippen molar-refractivity contribution < 1.29 is 27.8 Å². The Morgan fingerprint density at radius 3 is 2.62 bits per heavy atom. The third-order valence-corrected chi connectivity index (χ3v) is 10.5. The van der Waals surface area contributed by atoms with E-state index in [0.29, 0.717) is 39.7 Å². The molecule has 1 amide bonds. The molecule has 222 valence electrons. The number of carbonyl (C=O) groups excluding carboxylic acids is 1. The Labute approximate surface area is 248 Å². The molecule has 12 heteroatoms. The summed E-state index contributed by atoms with van der Waals surface area (Å²) in [6.07, 6.45) is 1.64. The molecule has 0 aliphatic carbocycles. The van der Waals surface area contributed by atoms with Gasteiger partial charge < -0.3 is 14.6 Å². The van der Waals surface area contributed by atoms with Gasteiger partial charge in [-0.2, -0.15) is 4.31 Å². The normalized spacial score (nSPS) is 18.5. The number of ether oxygens (including phenoxy) is 2. The number of aromatic nitrogens is 1. The van der Waals surface area contributed by atoms with E-state index in [9.17, 15) is 18.3 Å². The molecule has 0 unspecified atom stereocenters. The number of rotatable bonds is 10. The van der Waals surface area contributed by atoms with Crippen molar-refractivity contribution in [3.05, 3.63) is 60.2 Å². The highest BCUT2D eigenvalue weighted by Gasteiger charge is 2.32. The number of aliphatic hydroxyl groups is 1. The number of thiazole rings is 1. The molecule has 0 bridgehead atoms. The minimum Gasteiger partial charge on any atom is -0.493 e. The number of fused-ring (bicyclic) bond motifs is 2. The number of nitrogens with one attached hydrogen (secondary N) is 1. The van der Waals surface area contributed by atoms with Gasteiger partial charge in [0.05, 0.1) is 46.6 Å². The molecule has 3 heterocycles. The molecule has 2 fully saturated rings. The van der Waals surface area contributed by atoms with Crippen LogP contribution in [0.3, 0.4) is 0 Å². The number of nitrogens with zero attached hydrogens (tertiary/aromatic N) is 3. The smallest absolute Gasteiger partial charge is 0.261 e. The van der Waals surface area contributed by atoms with Gasteiger partial charge in [-0.1, -0.05) is 35.6 Å². The van der Waals surface area contributed by atoms with E-state index in [2.05, 4.69) is 15.2 Å². The van der Waals surface area contributed by atoms with Crippen LogP contribution in [0.2, 0.25) is 0 Å². The van der Waals surface area contributed by atoms with Crippen molar-refractivity contribution in [1.29, 1.82) is 0 Å². The van der Waals surface area contributed by atoms with Gasteiger partial charge in [-0.3, -0.25) is 15.0 Å². The lowest BCUT2D eigenvalue weighted by Crippen LogP contribution is -2.36. The second-order valence-electron chi connectivity index (χ2n) is 10.6. The van der Waals surface area contributed by atoms with Crippen molar-refractivity contribution in [2.45, 2.75) is 30.3 Å². The highest BCUT2D eigenvalue weighted by Crippen LogP contribution is 2.32. The molecule has 3 aromatic carbocycles. The number of amides is 1. The van der Waals surface area contributed by atoms with Crippen LogP contribution in [-0.2, 0) is 14.8 Å². The van der Waals surface area contributed by atoms with Crippen LogP contribution in [-0.4, -0.2) is 92.3 Å². The van der Waals surface area contributed by atoms with Crippen LogP contribution < -0.4 is 10.1 Å². The Morgan fingerprint density at radius 2 is 1.86 bits per heavy atom. The fourth-order valence-corrected chi connectivity index (χ4v) is 7.82. The van der Waals surface area contributed by atoms with Gasteiger partial charge >= 0.3 is 0 Å². The van der Waals surface area contributed by atoms with Gasteiger partial charge in [-0.15, -0.1) is 0 Å². The number of unbranched alkanes of at least 4 members (excludes halogenated alkanes) is 1. The molecule has 6 rings (SSSR count). The van der Waals surface area contributed by atoms with Crippen LogP contribution in [0.4, 0.5) is 5.13 Å². The summed E-state index contributed by atoms with van der Waals surface area (Å²) in [5.41, 5.74) is 1.00. The van der Waals surface area contributed by atoms with E-state index in [-0.39, 0.29) is 23.9 Å². The fraction of sp³-hybridized carbons (Fsp3) is 0.400. The molecule has 1 aromatic heterocycles. The molecular weight excluding hydrogens is 576 g/mol. The summed E-state index contributed by atoms with van der Waals surface area (Å²) in [7, 11) is -3.73. The van der Waals surface area contributed by atoms with Crippen molar-refractivity contribution in [3.63, 3.8) is 0 Å². The molecule has 10 nitrogen and oxygen atoms in total. The van der Waals surface area contributed by atoms with Gasteiger partial charge in [0.1, 0.15) is 5.75 Å². The summed E-state index contributed by atoms with van der Waals surface area (Å²) in [4.78, 5) is 20.6. The molecule has 2 aliphatic heterocycles. The van der Waals surface area contributed by atoms with Crippen molar-refractivity contribution in [1.82, 2.24) is 14.2 Å². The number of β-amino-alcohol motifs (C(OH)–C–C–N with tert-alkyl or cyclic N) is 1. The maximum Gasteiger partial charge on any atom is 0.261 e. The second kappa shape index (κ2) is 12.6. The maximum atomic E-state index is 13.5. The number of carbonyl (C=O) groups is 1. The topological polar surface area (TPSA) is 121 Å². The third-order valence-electron chi connectivity index (χ3n) is 7.67. The first-order valence-electron chi connectivity index (χ1n) is 14.2. The number of hydrogen-bond acceptors (Lipinski definition) is 9. The van der Waals surface area contributed by atoms with Crippen molar-refractivity contribution >= 4 is 53.4 Å². The van der Waals surface area contributed by atoms with Crippen molar-refractivity contribution in [2.75, 3.05) is 57.9 Å². The second-order valence-corrected chi connectivity index (χ2v) is 13.6. The minimum absolute atomic E-state index is 0.0917. The van der Waals surface area contributed by atoms with E-state index in [1.54, 1.807) is 12.1 Å². The minimum atomic E-state index is -3.73. The monoisotopic (exact) mass is 610 g/mol. The zero-order valence-corrected chi connectivity index (χ0v) is 24.8. The van der Waals surface area contributed by atoms with Crippen LogP contribution in [0.5, 0.6) is 5.75 Å². The zero-order chi connectivity index (χ0) is 29.1. The molecule has 1 atom stereocenters. The van der Waals surface area contributed by atoms with Crippen LogP contribution >= 0.6 is 11.3 Å². The number of anilines is 1. The van der Waals surface area contributed by atoms with E-state index in [4.69, 9.17) is 9.47 Å². The average Bonchev–Trinajstić information content (AvgIpc) is 3.62. The Balaban J connectivity index is 1.16. The first-order valence-corrected chi connectivity index (χ1v) is 16.5. The van der Waals surface area contributed by atoms with E-state index >= 15 is 0 Å². The zero-order valence-electron chi connectivity index (χ0n) is 23.2. The van der Waals surface area contributed by atoms with Gasteiger partial charge in [0.2, 0.25) is 10.0 Å². The molecule has 0 radical (unpaired) electrons. The lowest BCUT2D eigenvalue weighted by molar-refractivity contribution is 0.0368. The molecule has 0 saturated carbocycles. The van der Waals surface area contributed by atoms with Crippen LogP contribution in [0, 0.1) is 0 Å². The highest BCUT2D eigenvalue weighted by atomic mass is 32.2. The standard InChI is InChI=1S/C30H34N4O6S2/c35-23-9-11-34(20-23)42(37,38)24-7-8-26-28(19-24)41-30(31-26)32-29(36)25-17-21-5-1-2-6-22(21)18-27(25)40-14-4-3-10-33-12-15-39-16-13-33/h1-2,5-8,17-19,23,35H,3-4,9-16,20H2,(H,31,32,36)/t23-/m0/s1. The van der Waals surface area contributed by atoms with Gasteiger partial charge in [-0.05, 0) is 66.9 Å². The molecule has 2 N–H and O–H groups in total.